The van der Waals surface area contributed by atoms with Gasteiger partial charge in [0.15, 0.2) is 5.65 Å². The van der Waals surface area contributed by atoms with Gasteiger partial charge in [-0.1, -0.05) is 6.07 Å². The average molecular weight is 473 g/mol. The van der Waals surface area contributed by atoms with Crippen molar-refractivity contribution in [3.8, 4) is 11.3 Å². The van der Waals surface area contributed by atoms with Gasteiger partial charge in [-0.05, 0) is 24.5 Å². The van der Waals surface area contributed by atoms with Crippen LogP contribution >= 0.6 is 0 Å². The number of morpholine rings is 1. The number of nitrogen functional groups attached to an aromatic ring is 1. The van der Waals surface area contributed by atoms with Gasteiger partial charge in [0.25, 0.3) is 0 Å². The summed E-state index contributed by atoms with van der Waals surface area (Å²) in [5.74, 6) is 0.916. The molecule has 4 aromatic rings. The van der Waals surface area contributed by atoms with Crippen LogP contribution in [-0.4, -0.2) is 78.8 Å². The quantitative estimate of drug-likeness (QED) is 0.461. The Labute approximate surface area is 203 Å². The molecule has 35 heavy (non-hydrogen) atoms. The van der Waals surface area contributed by atoms with E-state index >= 15 is 0 Å². The fraction of sp³-hybridized carbons (Fsp3) is 0.417. The molecule has 2 aliphatic heterocycles. The Morgan fingerprint density at radius 2 is 1.77 bits per heavy atom. The van der Waals surface area contributed by atoms with E-state index in [4.69, 9.17) is 25.4 Å². The number of hydrogen-bond donors (Lipinski definition) is 1. The summed E-state index contributed by atoms with van der Waals surface area (Å²) in [5, 5.41) is 0. The highest BCUT2D eigenvalue weighted by Gasteiger charge is 2.26. The van der Waals surface area contributed by atoms with Crippen molar-refractivity contribution >= 4 is 23.1 Å². The number of aromatic nitrogens is 7. The smallest absolute Gasteiger partial charge is 0.228 e. The van der Waals surface area contributed by atoms with Crippen molar-refractivity contribution in [1.29, 1.82) is 0 Å². The minimum Gasteiger partial charge on any atom is -0.378 e. The number of fused-ring (bicyclic) bond motifs is 1. The van der Waals surface area contributed by atoms with E-state index in [-0.39, 0.29) is 5.95 Å². The van der Waals surface area contributed by atoms with E-state index in [2.05, 4.69) is 35.4 Å². The van der Waals surface area contributed by atoms with Gasteiger partial charge in [-0.3, -0.25) is 9.88 Å². The number of nitrogens with zero attached hydrogens (tertiary/aromatic N) is 9. The molecule has 6 rings (SSSR count). The van der Waals surface area contributed by atoms with Crippen LogP contribution in [0.2, 0.25) is 0 Å². The zero-order valence-corrected chi connectivity index (χ0v) is 19.5. The minimum atomic E-state index is 0.232. The molecule has 2 fully saturated rings. The molecular formula is C24H28N10O. The molecule has 4 aromatic heterocycles. The van der Waals surface area contributed by atoms with E-state index in [0.29, 0.717) is 25.2 Å². The van der Waals surface area contributed by atoms with E-state index in [1.807, 2.05) is 24.8 Å². The number of ether oxygens (including phenoxy) is 1. The van der Waals surface area contributed by atoms with E-state index in [1.54, 1.807) is 12.4 Å². The van der Waals surface area contributed by atoms with Gasteiger partial charge in [0.2, 0.25) is 11.9 Å². The topological polar surface area (TPSA) is 124 Å². The first-order valence-electron chi connectivity index (χ1n) is 12.0. The van der Waals surface area contributed by atoms with Crippen molar-refractivity contribution in [2.75, 3.05) is 50.0 Å². The normalized spacial score (nSPS) is 17.8. The maximum atomic E-state index is 5.72. The van der Waals surface area contributed by atoms with Crippen LogP contribution in [0.25, 0.3) is 22.4 Å². The van der Waals surface area contributed by atoms with E-state index in [1.165, 1.54) is 5.56 Å². The molecule has 0 saturated carbocycles. The van der Waals surface area contributed by atoms with Crippen molar-refractivity contribution in [2.24, 2.45) is 0 Å². The fourth-order valence-corrected chi connectivity index (χ4v) is 4.84. The van der Waals surface area contributed by atoms with Crippen LogP contribution < -0.4 is 10.6 Å². The summed E-state index contributed by atoms with van der Waals surface area (Å²) in [4.78, 5) is 31.9. The molecule has 0 spiro atoms. The lowest BCUT2D eigenvalue weighted by molar-refractivity contribution is 0.122. The van der Waals surface area contributed by atoms with Crippen LogP contribution in [0.15, 0.2) is 43.2 Å². The predicted octanol–water partition coefficient (Wildman–Crippen LogP) is 1.93. The van der Waals surface area contributed by atoms with E-state index in [0.717, 1.165) is 68.0 Å². The molecule has 0 aliphatic carbocycles. The average Bonchev–Trinajstić information content (AvgIpc) is 3.34. The van der Waals surface area contributed by atoms with Crippen LogP contribution in [0.5, 0.6) is 0 Å². The second kappa shape index (κ2) is 9.51. The summed E-state index contributed by atoms with van der Waals surface area (Å²) in [5.41, 5.74) is 10.1. The van der Waals surface area contributed by atoms with Gasteiger partial charge < -0.3 is 19.9 Å². The van der Waals surface area contributed by atoms with Crippen molar-refractivity contribution in [1.82, 2.24) is 39.4 Å². The maximum absolute atomic E-state index is 5.72. The number of imidazole rings is 1. The molecule has 0 amide bonds. The summed E-state index contributed by atoms with van der Waals surface area (Å²) in [6.07, 6.45) is 11.1. The van der Waals surface area contributed by atoms with E-state index < -0.39 is 0 Å². The highest BCUT2D eigenvalue weighted by molar-refractivity contribution is 5.88. The molecule has 11 heteroatoms. The Bertz CT molecular complexity index is 1280. The maximum Gasteiger partial charge on any atom is 0.228 e. The first-order valence-corrected chi connectivity index (χ1v) is 12.0. The van der Waals surface area contributed by atoms with Gasteiger partial charge in [0.1, 0.15) is 11.2 Å². The molecule has 0 bridgehead atoms. The number of likely N-dealkylation sites (tertiary alicyclic amines) is 1. The SMILES string of the molecule is Nc1ncc(-c2nc(N3CCOCC3)nc3c2ncn3C2CCN(Cc3cccnc3)CC2)cn1. The zero-order valence-electron chi connectivity index (χ0n) is 19.5. The number of rotatable bonds is 5. The molecule has 2 aliphatic rings. The zero-order chi connectivity index (χ0) is 23.6. The largest absolute Gasteiger partial charge is 0.378 e. The molecular weight excluding hydrogens is 444 g/mol. The van der Waals surface area contributed by atoms with Crippen LogP contribution in [0.1, 0.15) is 24.4 Å². The number of nitrogens with two attached hydrogens (primary N) is 1. The molecule has 6 heterocycles. The van der Waals surface area contributed by atoms with Crippen molar-refractivity contribution in [3.05, 3.63) is 48.8 Å². The highest BCUT2D eigenvalue weighted by atomic mass is 16.5. The Kier molecular flexibility index (Phi) is 5.93. The summed E-state index contributed by atoms with van der Waals surface area (Å²) in [6.45, 7) is 5.79. The standard InChI is InChI=1S/C24H28N10O/c25-23-27-13-18(14-28-23)20-21-22(31-24(30-20)33-8-10-35-11-9-33)34(16-29-21)19-3-6-32(7-4-19)15-17-2-1-5-26-12-17/h1-2,5,12-14,16,19H,3-4,6-11,15H2,(H2,25,27,28). The molecule has 0 radical (unpaired) electrons. The third-order valence-electron chi connectivity index (χ3n) is 6.73. The number of piperidine rings is 1. The molecule has 2 saturated heterocycles. The van der Waals surface area contributed by atoms with Crippen LogP contribution in [0, 0.1) is 0 Å². The van der Waals surface area contributed by atoms with Gasteiger partial charge in [-0.15, -0.1) is 0 Å². The second-order valence-corrected chi connectivity index (χ2v) is 8.99. The lowest BCUT2D eigenvalue weighted by Gasteiger charge is -2.32. The number of pyridine rings is 1. The summed E-state index contributed by atoms with van der Waals surface area (Å²) < 4.78 is 7.76. The predicted molar refractivity (Wildman–Crippen MR) is 132 cm³/mol. The molecule has 11 nitrogen and oxygen atoms in total. The van der Waals surface area contributed by atoms with Gasteiger partial charge in [-0.2, -0.15) is 4.98 Å². The fourth-order valence-electron chi connectivity index (χ4n) is 4.84. The second-order valence-electron chi connectivity index (χ2n) is 8.99. The molecule has 2 N–H and O–H groups in total. The van der Waals surface area contributed by atoms with E-state index in [9.17, 15) is 0 Å². The molecule has 0 aromatic carbocycles. The molecule has 0 atom stereocenters. The van der Waals surface area contributed by atoms with Crippen LogP contribution in [-0.2, 0) is 11.3 Å². The Morgan fingerprint density at radius 3 is 2.51 bits per heavy atom. The Hall–Kier alpha value is -3.70. The van der Waals surface area contributed by atoms with Gasteiger partial charge in [0.05, 0.1) is 19.5 Å². The first-order chi connectivity index (χ1) is 17.2. The Balaban J connectivity index is 1.31. The summed E-state index contributed by atoms with van der Waals surface area (Å²) >= 11 is 0. The molecule has 180 valence electrons. The monoisotopic (exact) mass is 472 g/mol. The van der Waals surface area contributed by atoms with Crippen molar-refractivity contribution in [2.45, 2.75) is 25.4 Å². The highest BCUT2D eigenvalue weighted by Crippen LogP contribution is 2.31. The van der Waals surface area contributed by atoms with Crippen LogP contribution in [0.4, 0.5) is 11.9 Å². The third-order valence-corrected chi connectivity index (χ3v) is 6.73. The molecule has 0 unspecified atom stereocenters. The van der Waals surface area contributed by atoms with Gasteiger partial charge in [-0.25, -0.2) is 19.9 Å². The third kappa shape index (κ3) is 4.52. The van der Waals surface area contributed by atoms with Crippen molar-refractivity contribution < 1.29 is 4.74 Å². The van der Waals surface area contributed by atoms with Gasteiger partial charge >= 0.3 is 0 Å². The number of anilines is 2. The summed E-state index contributed by atoms with van der Waals surface area (Å²) in [6, 6.07) is 4.46. The first kappa shape index (κ1) is 21.8. The lowest BCUT2D eigenvalue weighted by atomic mass is 10.0. The minimum absolute atomic E-state index is 0.232. The number of hydrogen-bond acceptors (Lipinski definition) is 10. The van der Waals surface area contributed by atoms with Crippen molar-refractivity contribution in [3.63, 3.8) is 0 Å². The van der Waals surface area contributed by atoms with Gasteiger partial charge in [0, 0.05) is 69.1 Å². The Morgan fingerprint density at radius 1 is 0.971 bits per heavy atom. The van der Waals surface area contributed by atoms with Crippen LogP contribution in [0.3, 0.4) is 0 Å². The summed E-state index contributed by atoms with van der Waals surface area (Å²) in [7, 11) is 0. The lowest BCUT2D eigenvalue weighted by Crippen LogP contribution is -2.37.